The number of aryl methyl sites for hydroxylation is 1. The first-order chi connectivity index (χ1) is 20.8. The van der Waals surface area contributed by atoms with Gasteiger partial charge in [0, 0.05) is 32.7 Å². The number of rotatable bonds is 10. The summed E-state index contributed by atoms with van der Waals surface area (Å²) in [4.78, 5) is 2.86. The predicted molar refractivity (Wildman–Crippen MR) is 175 cm³/mol. The molecule has 6 heteroatoms. The molecule has 6 rings (SSSR count). The van der Waals surface area contributed by atoms with Gasteiger partial charge in [-0.05, 0) is 90.8 Å². The van der Waals surface area contributed by atoms with Crippen LogP contribution in [0, 0.1) is 5.92 Å². The van der Waals surface area contributed by atoms with Gasteiger partial charge < -0.3 is 10.0 Å². The number of hydrogen-bond donors (Lipinski definition) is 1. The molecule has 0 aromatic heterocycles. The molecule has 0 radical (unpaired) electrons. The molecule has 2 aliphatic rings. The highest BCUT2D eigenvalue weighted by Gasteiger charge is 2.42. The van der Waals surface area contributed by atoms with Gasteiger partial charge in [0.1, 0.15) is 0 Å². The number of sulfonamides is 1. The van der Waals surface area contributed by atoms with Crippen molar-refractivity contribution in [3.05, 3.63) is 114 Å². The summed E-state index contributed by atoms with van der Waals surface area (Å²) in [6.45, 7) is 2.70. The lowest BCUT2D eigenvalue weighted by Gasteiger charge is -2.40. The lowest BCUT2D eigenvalue weighted by atomic mass is 9.84. The van der Waals surface area contributed by atoms with Gasteiger partial charge in [-0.1, -0.05) is 91.0 Å². The highest BCUT2D eigenvalue weighted by Crippen LogP contribution is 2.44. The Morgan fingerprint density at radius 2 is 1.49 bits per heavy atom. The van der Waals surface area contributed by atoms with Crippen molar-refractivity contribution in [3.63, 3.8) is 0 Å². The SMILES string of the molecule is CN(C1CC(CN2CCC(O)(CCCc3ccccc3)CC2)C(c2ccccc2)C1)S(=O)(=O)c1ccc2ccccc2c1. The van der Waals surface area contributed by atoms with E-state index in [1.165, 1.54) is 11.1 Å². The lowest BCUT2D eigenvalue weighted by molar-refractivity contribution is -0.0318. The summed E-state index contributed by atoms with van der Waals surface area (Å²) < 4.78 is 29.3. The molecule has 226 valence electrons. The molecule has 1 N–H and O–H groups in total. The summed E-state index contributed by atoms with van der Waals surface area (Å²) in [6, 6.07) is 34.4. The van der Waals surface area contributed by atoms with Gasteiger partial charge in [-0.15, -0.1) is 0 Å². The summed E-state index contributed by atoms with van der Waals surface area (Å²) in [5.74, 6) is 0.651. The molecule has 0 spiro atoms. The van der Waals surface area contributed by atoms with E-state index in [-0.39, 0.29) is 6.04 Å². The first kappa shape index (κ1) is 30.0. The van der Waals surface area contributed by atoms with Gasteiger partial charge in [-0.25, -0.2) is 8.42 Å². The molecule has 1 aliphatic heterocycles. The second kappa shape index (κ2) is 12.9. The Labute approximate surface area is 257 Å². The Bertz CT molecular complexity index is 1600. The zero-order chi connectivity index (χ0) is 29.9. The fourth-order valence-corrected chi connectivity index (χ4v) is 8.81. The third kappa shape index (κ3) is 6.88. The van der Waals surface area contributed by atoms with Gasteiger partial charge in [0.15, 0.2) is 0 Å². The van der Waals surface area contributed by atoms with Crippen molar-refractivity contribution in [3.8, 4) is 0 Å². The fraction of sp³-hybridized carbons (Fsp3) is 0.405. The van der Waals surface area contributed by atoms with E-state index >= 15 is 0 Å². The Morgan fingerprint density at radius 1 is 0.837 bits per heavy atom. The minimum Gasteiger partial charge on any atom is -0.390 e. The molecule has 1 saturated heterocycles. The Morgan fingerprint density at radius 3 is 2.21 bits per heavy atom. The number of aliphatic hydroxyl groups is 1. The third-order valence-electron chi connectivity index (χ3n) is 10.0. The van der Waals surface area contributed by atoms with E-state index in [0.29, 0.717) is 16.7 Å². The molecular weight excluding hydrogens is 552 g/mol. The van der Waals surface area contributed by atoms with Crippen LogP contribution in [0.5, 0.6) is 0 Å². The Hall–Kier alpha value is -3.03. The molecule has 1 aliphatic carbocycles. The van der Waals surface area contributed by atoms with Crippen molar-refractivity contribution in [2.45, 2.75) is 67.4 Å². The maximum absolute atomic E-state index is 13.8. The third-order valence-corrected chi connectivity index (χ3v) is 11.9. The molecule has 1 heterocycles. The highest BCUT2D eigenvalue weighted by molar-refractivity contribution is 7.89. The molecule has 0 bridgehead atoms. The average molecular weight is 597 g/mol. The molecule has 4 aromatic carbocycles. The van der Waals surface area contributed by atoms with Gasteiger partial charge >= 0.3 is 0 Å². The number of benzene rings is 4. The second-order valence-electron chi connectivity index (χ2n) is 12.8. The maximum Gasteiger partial charge on any atom is 0.243 e. The average Bonchev–Trinajstić information content (AvgIpc) is 3.46. The molecule has 3 unspecified atom stereocenters. The molecular formula is C37H44N2O3S. The van der Waals surface area contributed by atoms with E-state index in [4.69, 9.17) is 0 Å². The minimum absolute atomic E-state index is 0.0635. The zero-order valence-corrected chi connectivity index (χ0v) is 26.0. The largest absolute Gasteiger partial charge is 0.390 e. The van der Waals surface area contributed by atoms with Crippen LogP contribution in [0.1, 0.15) is 55.6 Å². The molecule has 3 atom stereocenters. The number of hydrogen-bond acceptors (Lipinski definition) is 4. The normalized spacial score (nSPS) is 22.7. The standard InChI is InChI=1S/C37H44N2O3S/c1-38(43(41,42)35-19-18-30-14-8-9-17-32(30)26-35)34-25-33(36(27-34)31-15-6-3-7-16-31)28-39-23-21-37(40,22-24-39)20-10-13-29-11-4-2-5-12-29/h2-9,11-12,14-19,26,33-34,36,40H,10,13,20-25,27-28H2,1H3. The van der Waals surface area contributed by atoms with E-state index in [2.05, 4.69) is 53.4 Å². The second-order valence-corrected chi connectivity index (χ2v) is 14.8. The zero-order valence-electron chi connectivity index (χ0n) is 25.2. The lowest BCUT2D eigenvalue weighted by Crippen LogP contribution is -2.46. The molecule has 5 nitrogen and oxygen atoms in total. The van der Waals surface area contributed by atoms with E-state index in [0.717, 1.165) is 75.4 Å². The van der Waals surface area contributed by atoms with Crippen LogP contribution >= 0.6 is 0 Å². The van der Waals surface area contributed by atoms with E-state index in [1.54, 1.807) is 23.5 Å². The monoisotopic (exact) mass is 596 g/mol. The topological polar surface area (TPSA) is 60.9 Å². The van der Waals surface area contributed by atoms with Crippen molar-refractivity contribution >= 4 is 20.8 Å². The van der Waals surface area contributed by atoms with E-state index < -0.39 is 15.6 Å². The van der Waals surface area contributed by atoms with Gasteiger partial charge in [-0.2, -0.15) is 4.31 Å². The summed E-state index contributed by atoms with van der Waals surface area (Å²) in [7, 11) is -1.87. The van der Waals surface area contributed by atoms with Crippen molar-refractivity contribution in [1.29, 1.82) is 0 Å². The van der Waals surface area contributed by atoms with Gasteiger partial charge in [0.2, 0.25) is 10.0 Å². The number of likely N-dealkylation sites (tertiary alicyclic amines) is 1. The molecule has 43 heavy (non-hydrogen) atoms. The summed E-state index contributed by atoms with van der Waals surface area (Å²) in [5.41, 5.74) is 2.04. The van der Waals surface area contributed by atoms with Crippen LogP contribution in [0.15, 0.2) is 108 Å². The predicted octanol–water partition coefficient (Wildman–Crippen LogP) is 6.87. The molecule has 1 saturated carbocycles. The number of piperidine rings is 1. The van der Waals surface area contributed by atoms with Crippen LogP contribution in [-0.4, -0.2) is 61.1 Å². The van der Waals surface area contributed by atoms with Gasteiger partial charge in [0.25, 0.3) is 0 Å². The van der Waals surface area contributed by atoms with Crippen LogP contribution in [0.2, 0.25) is 0 Å². The van der Waals surface area contributed by atoms with Crippen molar-refractivity contribution in [1.82, 2.24) is 9.21 Å². The van der Waals surface area contributed by atoms with Crippen LogP contribution in [0.25, 0.3) is 10.8 Å². The highest BCUT2D eigenvalue weighted by atomic mass is 32.2. The molecule has 0 amide bonds. The number of fused-ring (bicyclic) bond motifs is 1. The van der Waals surface area contributed by atoms with Crippen molar-refractivity contribution < 1.29 is 13.5 Å². The fourth-order valence-electron chi connectivity index (χ4n) is 7.39. The van der Waals surface area contributed by atoms with Gasteiger partial charge in [0.05, 0.1) is 10.5 Å². The number of nitrogens with zero attached hydrogens (tertiary/aromatic N) is 2. The summed E-state index contributed by atoms with van der Waals surface area (Å²) in [5, 5.41) is 13.3. The van der Waals surface area contributed by atoms with E-state index in [1.807, 2.05) is 42.5 Å². The van der Waals surface area contributed by atoms with Crippen LogP contribution in [-0.2, 0) is 16.4 Å². The first-order valence-electron chi connectivity index (χ1n) is 15.8. The maximum atomic E-state index is 13.8. The Kier molecular flexibility index (Phi) is 9.01. The quantitative estimate of drug-likeness (QED) is 0.217. The first-order valence-corrected chi connectivity index (χ1v) is 17.3. The molecule has 2 fully saturated rings. The summed E-state index contributed by atoms with van der Waals surface area (Å²) in [6.07, 6.45) is 6.08. The van der Waals surface area contributed by atoms with Crippen LogP contribution < -0.4 is 0 Å². The van der Waals surface area contributed by atoms with Gasteiger partial charge in [-0.3, -0.25) is 0 Å². The van der Waals surface area contributed by atoms with Crippen molar-refractivity contribution in [2.24, 2.45) is 5.92 Å². The van der Waals surface area contributed by atoms with Crippen LogP contribution in [0.3, 0.4) is 0 Å². The van der Waals surface area contributed by atoms with E-state index in [9.17, 15) is 13.5 Å². The Balaban J connectivity index is 1.11. The van der Waals surface area contributed by atoms with Crippen molar-refractivity contribution in [2.75, 3.05) is 26.7 Å². The molecule has 4 aromatic rings. The minimum atomic E-state index is -3.63. The smallest absolute Gasteiger partial charge is 0.243 e. The van der Waals surface area contributed by atoms with Crippen LogP contribution in [0.4, 0.5) is 0 Å². The summed E-state index contributed by atoms with van der Waals surface area (Å²) >= 11 is 0.